The lowest BCUT2D eigenvalue weighted by molar-refractivity contribution is -0.120. The van der Waals surface area contributed by atoms with Crippen LogP contribution in [0, 0.1) is 25.2 Å². The van der Waals surface area contributed by atoms with Gasteiger partial charge in [0.05, 0.1) is 6.07 Å². The number of hydrogen-bond acceptors (Lipinski definition) is 3. The molecule has 0 spiro atoms. The highest BCUT2D eigenvalue weighted by Gasteiger charge is 2.02. The van der Waals surface area contributed by atoms with E-state index in [1.165, 1.54) is 0 Å². The maximum Gasteiger partial charge on any atom is 0.234 e. The highest BCUT2D eigenvalue weighted by molar-refractivity contribution is 5.77. The van der Waals surface area contributed by atoms with Crippen molar-refractivity contribution in [3.8, 4) is 17.6 Å². The van der Waals surface area contributed by atoms with Crippen molar-refractivity contribution >= 4 is 5.91 Å². The Bertz CT molecular complexity index is 680. The highest BCUT2D eigenvalue weighted by Crippen LogP contribution is 2.24. The monoisotopic (exact) mass is 294 g/mol. The largest absolute Gasteiger partial charge is 0.457 e. The lowest BCUT2D eigenvalue weighted by Gasteiger charge is -2.09. The number of aryl methyl sites for hydroxylation is 2. The molecule has 0 atom stereocenters. The van der Waals surface area contributed by atoms with Crippen LogP contribution in [-0.4, -0.2) is 5.91 Å². The fourth-order valence-corrected chi connectivity index (χ4v) is 2.14. The second-order valence-corrected chi connectivity index (χ2v) is 5.18. The van der Waals surface area contributed by atoms with Crippen LogP contribution < -0.4 is 10.1 Å². The molecule has 0 unspecified atom stereocenters. The molecule has 4 heteroatoms. The molecule has 2 rings (SSSR count). The molecule has 2 aromatic carbocycles. The molecule has 0 fully saturated rings. The van der Waals surface area contributed by atoms with Crippen molar-refractivity contribution in [1.29, 1.82) is 5.26 Å². The van der Waals surface area contributed by atoms with Crippen molar-refractivity contribution in [3.63, 3.8) is 0 Å². The molecule has 0 aliphatic rings. The summed E-state index contributed by atoms with van der Waals surface area (Å²) < 4.78 is 5.83. The van der Waals surface area contributed by atoms with Gasteiger partial charge in [-0.25, -0.2) is 0 Å². The number of hydrogen-bond donors (Lipinski definition) is 1. The quantitative estimate of drug-likeness (QED) is 0.916. The zero-order valence-electron chi connectivity index (χ0n) is 12.7. The lowest BCUT2D eigenvalue weighted by atomic mass is 10.1. The van der Waals surface area contributed by atoms with E-state index in [0.29, 0.717) is 6.54 Å². The summed E-state index contributed by atoms with van der Waals surface area (Å²) >= 11 is 0. The Kier molecular flexibility index (Phi) is 5.16. The van der Waals surface area contributed by atoms with Gasteiger partial charge in [-0.05, 0) is 54.8 Å². The summed E-state index contributed by atoms with van der Waals surface area (Å²) in [6, 6.07) is 15.4. The average molecular weight is 294 g/mol. The van der Waals surface area contributed by atoms with E-state index in [1.54, 1.807) is 0 Å². The van der Waals surface area contributed by atoms with Gasteiger partial charge in [0.1, 0.15) is 17.9 Å². The van der Waals surface area contributed by atoms with Crippen LogP contribution in [0.3, 0.4) is 0 Å². The van der Waals surface area contributed by atoms with E-state index in [1.807, 2.05) is 56.3 Å². The summed E-state index contributed by atoms with van der Waals surface area (Å²) in [4.78, 5) is 11.2. The third-order valence-corrected chi connectivity index (χ3v) is 3.08. The van der Waals surface area contributed by atoms with Crippen LogP contribution >= 0.6 is 0 Å². The molecule has 0 aliphatic heterocycles. The number of nitriles is 1. The molecular formula is C18H18N2O2. The second kappa shape index (κ2) is 7.28. The predicted molar refractivity (Wildman–Crippen MR) is 84.5 cm³/mol. The number of amides is 1. The van der Waals surface area contributed by atoms with Crippen LogP contribution in [-0.2, 0) is 11.3 Å². The van der Waals surface area contributed by atoms with Gasteiger partial charge in [-0.3, -0.25) is 4.79 Å². The number of carbonyl (C=O) groups excluding carboxylic acids is 1. The van der Waals surface area contributed by atoms with Gasteiger partial charge in [0.2, 0.25) is 5.91 Å². The van der Waals surface area contributed by atoms with Crippen LogP contribution in [0.5, 0.6) is 11.5 Å². The normalized spacial score (nSPS) is 9.86. The number of nitrogens with zero attached hydrogens (tertiary/aromatic N) is 1. The van der Waals surface area contributed by atoms with Gasteiger partial charge in [0.25, 0.3) is 0 Å². The first kappa shape index (κ1) is 15.6. The third-order valence-electron chi connectivity index (χ3n) is 3.08. The third kappa shape index (κ3) is 4.64. The zero-order chi connectivity index (χ0) is 15.9. The maximum atomic E-state index is 11.2. The van der Waals surface area contributed by atoms with Gasteiger partial charge < -0.3 is 10.1 Å². The van der Waals surface area contributed by atoms with Crippen LogP contribution in [0.4, 0.5) is 0 Å². The Morgan fingerprint density at radius 2 is 1.73 bits per heavy atom. The van der Waals surface area contributed by atoms with Crippen molar-refractivity contribution < 1.29 is 9.53 Å². The minimum absolute atomic E-state index is 0.117. The molecule has 0 saturated carbocycles. The van der Waals surface area contributed by atoms with Gasteiger partial charge in [-0.15, -0.1) is 0 Å². The summed E-state index contributed by atoms with van der Waals surface area (Å²) in [6.45, 7) is 4.48. The second-order valence-electron chi connectivity index (χ2n) is 5.18. The number of nitrogens with one attached hydrogen (secondary N) is 1. The average Bonchev–Trinajstić information content (AvgIpc) is 2.46. The van der Waals surface area contributed by atoms with Gasteiger partial charge in [-0.2, -0.15) is 5.26 Å². The minimum Gasteiger partial charge on any atom is -0.457 e. The molecule has 0 heterocycles. The van der Waals surface area contributed by atoms with Crippen LogP contribution in [0.15, 0.2) is 42.5 Å². The Hall–Kier alpha value is -2.80. The predicted octanol–water partition coefficient (Wildman–Crippen LogP) is 3.63. The van der Waals surface area contributed by atoms with Crippen molar-refractivity contribution in [2.75, 3.05) is 0 Å². The Morgan fingerprint density at radius 1 is 1.09 bits per heavy atom. The highest BCUT2D eigenvalue weighted by atomic mass is 16.5. The van der Waals surface area contributed by atoms with E-state index in [9.17, 15) is 4.79 Å². The number of carbonyl (C=O) groups is 1. The Labute approximate surface area is 130 Å². The van der Waals surface area contributed by atoms with Crippen molar-refractivity contribution in [2.24, 2.45) is 0 Å². The lowest BCUT2D eigenvalue weighted by Crippen LogP contribution is -2.21. The SMILES string of the molecule is Cc1cc(C)cc(Oc2ccc(CNC(=O)CC#N)cc2)c1. The van der Waals surface area contributed by atoms with E-state index >= 15 is 0 Å². The fraction of sp³-hybridized carbons (Fsp3) is 0.222. The topological polar surface area (TPSA) is 62.1 Å². The van der Waals surface area contributed by atoms with Gasteiger partial charge >= 0.3 is 0 Å². The molecular weight excluding hydrogens is 276 g/mol. The van der Waals surface area contributed by atoms with Crippen molar-refractivity contribution in [3.05, 3.63) is 59.2 Å². The van der Waals surface area contributed by atoms with E-state index in [4.69, 9.17) is 10.00 Å². The van der Waals surface area contributed by atoms with E-state index in [2.05, 4.69) is 11.4 Å². The standard InChI is InChI=1S/C18H18N2O2/c1-13-9-14(2)11-17(10-13)22-16-5-3-15(4-6-16)12-20-18(21)7-8-19/h3-6,9-11H,7,12H2,1-2H3,(H,20,21). The summed E-state index contributed by atoms with van der Waals surface area (Å²) in [5.74, 6) is 1.29. The number of ether oxygens (including phenoxy) is 1. The summed E-state index contributed by atoms with van der Waals surface area (Å²) in [5.41, 5.74) is 3.28. The molecule has 0 aromatic heterocycles. The molecule has 112 valence electrons. The molecule has 22 heavy (non-hydrogen) atoms. The molecule has 4 nitrogen and oxygen atoms in total. The number of benzene rings is 2. The van der Waals surface area contributed by atoms with Crippen LogP contribution in [0.1, 0.15) is 23.1 Å². The number of rotatable bonds is 5. The Morgan fingerprint density at radius 3 is 2.32 bits per heavy atom. The molecule has 0 saturated heterocycles. The molecule has 1 amide bonds. The molecule has 1 N–H and O–H groups in total. The van der Waals surface area contributed by atoms with Gasteiger partial charge in [0, 0.05) is 6.54 Å². The minimum atomic E-state index is -0.266. The van der Waals surface area contributed by atoms with Crippen LogP contribution in [0.2, 0.25) is 0 Å². The Balaban J connectivity index is 1.97. The van der Waals surface area contributed by atoms with Crippen molar-refractivity contribution in [2.45, 2.75) is 26.8 Å². The van der Waals surface area contributed by atoms with Crippen LogP contribution in [0.25, 0.3) is 0 Å². The van der Waals surface area contributed by atoms with Gasteiger partial charge in [0.15, 0.2) is 0 Å². The maximum absolute atomic E-state index is 11.2. The van der Waals surface area contributed by atoms with E-state index < -0.39 is 0 Å². The first-order valence-electron chi connectivity index (χ1n) is 7.05. The first-order valence-corrected chi connectivity index (χ1v) is 7.05. The van der Waals surface area contributed by atoms with Gasteiger partial charge in [-0.1, -0.05) is 18.2 Å². The molecule has 2 aromatic rings. The zero-order valence-corrected chi connectivity index (χ0v) is 12.7. The van der Waals surface area contributed by atoms with Crippen molar-refractivity contribution in [1.82, 2.24) is 5.32 Å². The summed E-state index contributed by atoms with van der Waals surface area (Å²) in [5, 5.41) is 11.1. The van der Waals surface area contributed by atoms with E-state index in [0.717, 1.165) is 28.2 Å². The first-order chi connectivity index (χ1) is 10.6. The fourth-order valence-electron chi connectivity index (χ4n) is 2.14. The summed E-state index contributed by atoms with van der Waals surface area (Å²) in [6.07, 6.45) is -0.117. The summed E-state index contributed by atoms with van der Waals surface area (Å²) in [7, 11) is 0. The molecule has 0 bridgehead atoms. The smallest absolute Gasteiger partial charge is 0.234 e. The molecule has 0 aliphatic carbocycles. The molecule has 0 radical (unpaired) electrons. The van der Waals surface area contributed by atoms with E-state index in [-0.39, 0.29) is 12.3 Å².